The maximum atomic E-state index is 7.75. The minimum Gasteiger partial charge on any atom is -0.0620 e. The van der Waals surface area contributed by atoms with E-state index in [0.717, 1.165) is 6.42 Å². The molecular formula is C10H12. The van der Waals surface area contributed by atoms with Crippen LogP contribution in [0, 0.1) is 0 Å². The molecule has 0 heterocycles. The van der Waals surface area contributed by atoms with Gasteiger partial charge in [0.15, 0.2) is 0 Å². The summed E-state index contributed by atoms with van der Waals surface area (Å²) in [6, 6.07) is 8.34. The fourth-order valence-corrected chi connectivity index (χ4v) is 1.51. The largest absolute Gasteiger partial charge is 0.0620 e. The van der Waals surface area contributed by atoms with Gasteiger partial charge in [-0.1, -0.05) is 24.3 Å². The van der Waals surface area contributed by atoms with Crippen LogP contribution in [-0.2, 0) is 12.8 Å². The number of rotatable bonds is 0. The van der Waals surface area contributed by atoms with Crippen molar-refractivity contribution in [3.8, 4) is 0 Å². The summed E-state index contributed by atoms with van der Waals surface area (Å²) in [7, 11) is 0. The van der Waals surface area contributed by atoms with Gasteiger partial charge >= 0.3 is 0 Å². The third-order valence-corrected chi connectivity index (χ3v) is 2.07. The second-order valence-electron chi connectivity index (χ2n) is 2.80. The van der Waals surface area contributed by atoms with Gasteiger partial charge in [-0.25, -0.2) is 0 Å². The molecule has 1 atom stereocenters. The van der Waals surface area contributed by atoms with Crippen molar-refractivity contribution >= 4 is 0 Å². The molecule has 0 radical (unpaired) electrons. The van der Waals surface area contributed by atoms with Crippen molar-refractivity contribution in [1.29, 1.82) is 0 Å². The van der Waals surface area contributed by atoms with Gasteiger partial charge in [0.2, 0.25) is 0 Å². The number of aryl methyl sites for hydroxylation is 2. The lowest BCUT2D eigenvalue weighted by Crippen LogP contribution is -2.00. The number of fused-ring (bicyclic) bond motifs is 1. The molecular weight excluding hydrogens is 120 g/mol. The molecule has 0 spiro atoms. The molecule has 0 bridgehead atoms. The molecule has 10 heavy (non-hydrogen) atoms. The molecule has 0 aliphatic heterocycles. The Kier molecular flexibility index (Phi) is 1.21. The molecule has 0 fully saturated rings. The molecule has 0 heteroatoms. The maximum Gasteiger partial charge on any atom is 0.0316 e. The Morgan fingerprint density at radius 3 is 2.70 bits per heavy atom. The SMILES string of the molecule is [2H]C1CCCc2ccccc21. The number of hydrogen-bond donors (Lipinski definition) is 0. The molecule has 0 saturated carbocycles. The van der Waals surface area contributed by atoms with Gasteiger partial charge in [0.1, 0.15) is 0 Å². The highest BCUT2D eigenvalue weighted by Crippen LogP contribution is 2.19. The van der Waals surface area contributed by atoms with E-state index in [2.05, 4.69) is 18.2 Å². The van der Waals surface area contributed by atoms with E-state index in [1.165, 1.54) is 24.0 Å². The fourth-order valence-electron chi connectivity index (χ4n) is 1.51. The molecule has 1 aliphatic rings. The molecule has 1 aromatic carbocycles. The highest BCUT2D eigenvalue weighted by molar-refractivity contribution is 5.28. The monoisotopic (exact) mass is 133 g/mol. The Balaban J connectivity index is 2.44. The van der Waals surface area contributed by atoms with Crippen molar-refractivity contribution in [2.45, 2.75) is 25.7 Å². The van der Waals surface area contributed by atoms with Crippen LogP contribution in [0.3, 0.4) is 0 Å². The van der Waals surface area contributed by atoms with E-state index in [4.69, 9.17) is 1.37 Å². The van der Waals surface area contributed by atoms with Crippen LogP contribution in [0.1, 0.15) is 25.3 Å². The maximum absolute atomic E-state index is 7.75. The van der Waals surface area contributed by atoms with Gasteiger partial charge < -0.3 is 0 Å². The normalized spacial score (nSPS) is 25.2. The molecule has 52 valence electrons. The lowest BCUT2D eigenvalue weighted by Gasteiger charge is -2.13. The first-order valence-electron chi connectivity index (χ1n) is 4.46. The van der Waals surface area contributed by atoms with E-state index in [1.54, 1.807) is 0 Å². The van der Waals surface area contributed by atoms with Crippen LogP contribution in [0.4, 0.5) is 0 Å². The lowest BCUT2D eigenvalue weighted by molar-refractivity contribution is 0.685. The zero-order chi connectivity index (χ0) is 7.68. The summed E-state index contributed by atoms with van der Waals surface area (Å²) < 4.78 is 7.75. The van der Waals surface area contributed by atoms with Crippen LogP contribution < -0.4 is 0 Å². The van der Waals surface area contributed by atoms with Crippen LogP contribution in [0.25, 0.3) is 0 Å². The van der Waals surface area contributed by atoms with Crippen LogP contribution in [0.15, 0.2) is 24.3 Å². The lowest BCUT2D eigenvalue weighted by atomic mass is 9.92. The van der Waals surface area contributed by atoms with Crippen LogP contribution in [0.2, 0.25) is 0 Å². The summed E-state index contributed by atoms with van der Waals surface area (Å²) in [4.78, 5) is 0. The van der Waals surface area contributed by atoms with Crippen LogP contribution in [0.5, 0.6) is 0 Å². The summed E-state index contributed by atoms with van der Waals surface area (Å²) in [5.74, 6) is 0. The zero-order valence-corrected chi connectivity index (χ0v) is 6.01. The number of hydrogen-bond acceptors (Lipinski definition) is 0. The third-order valence-electron chi connectivity index (χ3n) is 2.07. The van der Waals surface area contributed by atoms with Gasteiger partial charge in [-0.05, 0) is 36.8 Å². The molecule has 0 N–H and O–H groups in total. The predicted molar refractivity (Wildman–Crippen MR) is 43.1 cm³/mol. The Labute approximate surface area is 63.3 Å². The summed E-state index contributed by atoms with van der Waals surface area (Å²) >= 11 is 0. The molecule has 0 amide bonds. The quantitative estimate of drug-likeness (QED) is 0.510. The van der Waals surface area contributed by atoms with Crippen LogP contribution >= 0.6 is 0 Å². The van der Waals surface area contributed by atoms with Gasteiger partial charge in [-0.2, -0.15) is 0 Å². The second-order valence-corrected chi connectivity index (χ2v) is 2.80. The molecule has 0 aromatic heterocycles. The van der Waals surface area contributed by atoms with Crippen molar-refractivity contribution < 1.29 is 1.37 Å². The highest BCUT2D eigenvalue weighted by Gasteiger charge is 2.05. The Bertz CT molecular complexity index is 255. The van der Waals surface area contributed by atoms with Crippen molar-refractivity contribution in [3.05, 3.63) is 35.4 Å². The average Bonchev–Trinajstić information content (AvgIpc) is 2.06. The van der Waals surface area contributed by atoms with Gasteiger partial charge in [0, 0.05) is 1.37 Å². The molecule has 0 nitrogen and oxygen atoms in total. The summed E-state index contributed by atoms with van der Waals surface area (Å²) in [5, 5.41) is 0. The van der Waals surface area contributed by atoms with Crippen molar-refractivity contribution in [2.24, 2.45) is 0 Å². The first-order chi connectivity index (χ1) is 5.38. The Morgan fingerprint density at radius 1 is 1.10 bits per heavy atom. The van der Waals surface area contributed by atoms with Gasteiger partial charge in [0.25, 0.3) is 0 Å². The topological polar surface area (TPSA) is 0 Å². The predicted octanol–water partition coefficient (Wildman–Crippen LogP) is 2.57. The molecule has 1 aromatic rings. The van der Waals surface area contributed by atoms with Crippen LogP contribution in [-0.4, -0.2) is 0 Å². The summed E-state index contributed by atoms with van der Waals surface area (Å²) in [5.41, 5.74) is 2.64. The average molecular weight is 133 g/mol. The Morgan fingerprint density at radius 2 is 1.90 bits per heavy atom. The van der Waals surface area contributed by atoms with E-state index in [0.29, 0.717) is 0 Å². The fraction of sp³-hybridized carbons (Fsp3) is 0.400. The number of benzene rings is 1. The van der Waals surface area contributed by atoms with Crippen molar-refractivity contribution in [2.75, 3.05) is 0 Å². The minimum atomic E-state index is 0.0416. The first kappa shape index (κ1) is 4.95. The van der Waals surface area contributed by atoms with E-state index >= 15 is 0 Å². The highest BCUT2D eigenvalue weighted by atomic mass is 14.1. The first-order valence-corrected chi connectivity index (χ1v) is 3.88. The summed E-state index contributed by atoms with van der Waals surface area (Å²) in [6.45, 7) is 0. The van der Waals surface area contributed by atoms with Gasteiger partial charge in [0.05, 0.1) is 0 Å². The van der Waals surface area contributed by atoms with Gasteiger partial charge in [-0.15, -0.1) is 0 Å². The molecule has 0 saturated heterocycles. The third kappa shape index (κ3) is 0.942. The smallest absolute Gasteiger partial charge is 0.0316 e. The molecule has 1 aliphatic carbocycles. The van der Waals surface area contributed by atoms with Gasteiger partial charge in [-0.3, -0.25) is 0 Å². The Hall–Kier alpha value is -0.780. The second kappa shape index (κ2) is 2.45. The van der Waals surface area contributed by atoms with E-state index in [9.17, 15) is 0 Å². The zero-order valence-electron chi connectivity index (χ0n) is 7.01. The summed E-state index contributed by atoms with van der Waals surface area (Å²) in [6.07, 6.45) is 3.44. The van der Waals surface area contributed by atoms with Crippen molar-refractivity contribution in [3.63, 3.8) is 0 Å². The minimum absolute atomic E-state index is 0.0416. The molecule has 2 rings (SSSR count). The van der Waals surface area contributed by atoms with E-state index in [-0.39, 0.29) is 6.40 Å². The van der Waals surface area contributed by atoms with E-state index < -0.39 is 0 Å². The molecule has 1 unspecified atom stereocenters. The van der Waals surface area contributed by atoms with Crippen molar-refractivity contribution in [1.82, 2.24) is 0 Å². The van der Waals surface area contributed by atoms with E-state index in [1.807, 2.05) is 6.07 Å². The standard InChI is InChI=1S/C10H12/c1-2-6-10-8-4-3-7-9(10)5-1/h1-2,5-6H,3-4,7-8H2/i7D.